The minimum absolute atomic E-state index is 0.520. The largest absolute Gasteiger partial charge is 0.256 e. The van der Waals surface area contributed by atoms with Crippen LogP contribution in [0.5, 0.6) is 0 Å². The molecule has 0 radical (unpaired) electrons. The Labute approximate surface area is 125 Å². The Kier molecular flexibility index (Phi) is 3.36. The van der Waals surface area contributed by atoms with Crippen LogP contribution in [0.1, 0.15) is 0 Å². The molecule has 0 N–H and O–H groups in total. The third kappa shape index (κ3) is 2.30. The van der Waals surface area contributed by atoms with E-state index in [9.17, 15) is 0 Å². The van der Waals surface area contributed by atoms with Gasteiger partial charge in [0, 0.05) is 27.7 Å². The van der Waals surface area contributed by atoms with Gasteiger partial charge in [-0.15, -0.1) is 0 Å². The molecule has 0 aliphatic rings. The fourth-order valence-electron chi connectivity index (χ4n) is 2.11. The quantitative estimate of drug-likeness (QED) is 0.548. The SMILES string of the molecule is Clc1cc(Cl)c(-c2cccc3cccnc23)c(Cl)c1. The maximum absolute atomic E-state index is 6.27. The maximum atomic E-state index is 6.27. The van der Waals surface area contributed by atoms with Crippen LogP contribution in [0.25, 0.3) is 22.0 Å². The number of nitrogens with zero attached hydrogens (tertiary/aromatic N) is 1. The smallest absolute Gasteiger partial charge is 0.0781 e. The van der Waals surface area contributed by atoms with Gasteiger partial charge >= 0.3 is 0 Å². The lowest BCUT2D eigenvalue weighted by atomic mass is 10.0. The van der Waals surface area contributed by atoms with Crippen LogP contribution in [0.3, 0.4) is 0 Å². The third-order valence-corrected chi connectivity index (χ3v) is 3.72. The zero-order valence-corrected chi connectivity index (χ0v) is 12.0. The number of rotatable bonds is 1. The van der Waals surface area contributed by atoms with E-state index in [0.717, 1.165) is 22.0 Å². The number of para-hydroxylation sites is 1. The number of fused-ring (bicyclic) bond motifs is 1. The molecule has 0 unspecified atom stereocenters. The van der Waals surface area contributed by atoms with Gasteiger partial charge in [-0.1, -0.05) is 59.1 Å². The highest BCUT2D eigenvalue weighted by molar-refractivity contribution is 6.42. The molecule has 0 amide bonds. The summed E-state index contributed by atoms with van der Waals surface area (Å²) in [6.45, 7) is 0. The van der Waals surface area contributed by atoms with Crippen molar-refractivity contribution in [3.8, 4) is 11.1 Å². The molecule has 0 saturated heterocycles. The lowest BCUT2D eigenvalue weighted by Crippen LogP contribution is -1.87. The van der Waals surface area contributed by atoms with Crippen LogP contribution >= 0.6 is 34.8 Å². The molecular formula is C15H8Cl3N. The third-order valence-electron chi connectivity index (χ3n) is 2.91. The van der Waals surface area contributed by atoms with E-state index in [4.69, 9.17) is 34.8 Å². The molecule has 0 fully saturated rings. The average molecular weight is 309 g/mol. The van der Waals surface area contributed by atoms with Gasteiger partial charge in [0.05, 0.1) is 15.6 Å². The van der Waals surface area contributed by atoms with Gasteiger partial charge in [-0.05, 0) is 18.2 Å². The summed E-state index contributed by atoms with van der Waals surface area (Å²) in [5.41, 5.74) is 2.54. The molecule has 1 aromatic heterocycles. The first-order valence-electron chi connectivity index (χ1n) is 5.65. The molecule has 3 rings (SSSR count). The van der Waals surface area contributed by atoms with Crippen molar-refractivity contribution in [2.45, 2.75) is 0 Å². The van der Waals surface area contributed by atoms with E-state index in [2.05, 4.69) is 4.98 Å². The fourth-order valence-corrected chi connectivity index (χ4v) is 3.13. The number of benzene rings is 2. The number of aromatic nitrogens is 1. The summed E-state index contributed by atoms with van der Waals surface area (Å²) in [5.74, 6) is 0. The summed E-state index contributed by atoms with van der Waals surface area (Å²) in [7, 11) is 0. The van der Waals surface area contributed by atoms with E-state index in [-0.39, 0.29) is 0 Å². The summed E-state index contributed by atoms with van der Waals surface area (Å²) >= 11 is 18.5. The predicted molar refractivity (Wildman–Crippen MR) is 82.2 cm³/mol. The van der Waals surface area contributed by atoms with Gasteiger partial charge in [-0.25, -0.2) is 0 Å². The lowest BCUT2D eigenvalue weighted by molar-refractivity contribution is 1.41. The van der Waals surface area contributed by atoms with Crippen LogP contribution in [0.2, 0.25) is 15.1 Å². The highest BCUT2D eigenvalue weighted by Crippen LogP contribution is 2.39. The molecule has 2 aromatic carbocycles. The lowest BCUT2D eigenvalue weighted by Gasteiger charge is -2.10. The normalized spacial score (nSPS) is 10.9. The van der Waals surface area contributed by atoms with Gasteiger partial charge in [0.1, 0.15) is 0 Å². The Morgan fingerprint density at radius 3 is 2.26 bits per heavy atom. The van der Waals surface area contributed by atoms with E-state index in [1.54, 1.807) is 18.3 Å². The molecule has 0 spiro atoms. The van der Waals surface area contributed by atoms with Gasteiger partial charge in [-0.2, -0.15) is 0 Å². The first-order valence-corrected chi connectivity index (χ1v) is 6.79. The van der Waals surface area contributed by atoms with Crippen molar-refractivity contribution in [2.24, 2.45) is 0 Å². The number of hydrogen-bond acceptors (Lipinski definition) is 1. The van der Waals surface area contributed by atoms with Crippen LogP contribution in [0.15, 0.2) is 48.7 Å². The van der Waals surface area contributed by atoms with Gasteiger partial charge < -0.3 is 0 Å². The van der Waals surface area contributed by atoms with Crippen molar-refractivity contribution in [1.29, 1.82) is 0 Å². The standard InChI is InChI=1S/C15H8Cl3N/c16-10-7-12(17)14(13(18)8-10)11-5-1-3-9-4-2-6-19-15(9)11/h1-8H. The monoisotopic (exact) mass is 307 g/mol. The summed E-state index contributed by atoms with van der Waals surface area (Å²) in [6, 6.07) is 13.2. The molecule has 0 atom stereocenters. The zero-order valence-electron chi connectivity index (χ0n) is 9.70. The second kappa shape index (κ2) is 5.01. The van der Waals surface area contributed by atoms with Gasteiger partial charge in [0.25, 0.3) is 0 Å². The average Bonchev–Trinajstić information content (AvgIpc) is 2.38. The molecule has 0 aliphatic heterocycles. The Morgan fingerprint density at radius 1 is 0.842 bits per heavy atom. The van der Waals surface area contributed by atoms with Crippen molar-refractivity contribution >= 4 is 45.7 Å². The van der Waals surface area contributed by atoms with Crippen molar-refractivity contribution < 1.29 is 0 Å². The first kappa shape index (κ1) is 12.7. The van der Waals surface area contributed by atoms with Crippen LogP contribution < -0.4 is 0 Å². The molecule has 3 aromatic rings. The highest BCUT2D eigenvalue weighted by Gasteiger charge is 2.13. The van der Waals surface area contributed by atoms with Crippen LogP contribution in [-0.4, -0.2) is 4.98 Å². The van der Waals surface area contributed by atoms with Gasteiger partial charge in [-0.3, -0.25) is 4.98 Å². The Balaban J connectivity index is 2.37. The van der Waals surface area contributed by atoms with E-state index < -0.39 is 0 Å². The second-order valence-corrected chi connectivity index (χ2v) is 5.38. The summed E-state index contributed by atoms with van der Waals surface area (Å²) < 4.78 is 0. The molecule has 0 bridgehead atoms. The Bertz CT molecular complexity index is 740. The molecular weight excluding hydrogens is 301 g/mol. The molecule has 1 heterocycles. The first-order chi connectivity index (χ1) is 9.16. The summed E-state index contributed by atoms with van der Waals surface area (Å²) in [4.78, 5) is 4.41. The fraction of sp³-hybridized carbons (Fsp3) is 0. The molecule has 0 aliphatic carbocycles. The van der Waals surface area contributed by atoms with Crippen molar-refractivity contribution in [1.82, 2.24) is 4.98 Å². The number of halogens is 3. The topological polar surface area (TPSA) is 12.9 Å². The van der Waals surface area contributed by atoms with E-state index in [1.165, 1.54) is 0 Å². The predicted octanol–water partition coefficient (Wildman–Crippen LogP) is 5.86. The summed E-state index contributed by atoms with van der Waals surface area (Å²) in [5, 5.41) is 2.61. The van der Waals surface area contributed by atoms with Crippen molar-refractivity contribution in [3.05, 3.63) is 63.7 Å². The Morgan fingerprint density at radius 2 is 1.53 bits per heavy atom. The van der Waals surface area contributed by atoms with E-state index >= 15 is 0 Å². The molecule has 0 saturated carbocycles. The van der Waals surface area contributed by atoms with E-state index in [1.807, 2.05) is 30.3 Å². The summed E-state index contributed by atoms with van der Waals surface area (Å²) in [6.07, 6.45) is 1.75. The molecule has 1 nitrogen and oxygen atoms in total. The van der Waals surface area contributed by atoms with Gasteiger partial charge in [0.15, 0.2) is 0 Å². The van der Waals surface area contributed by atoms with Crippen LogP contribution in [0, 0.1) is 0 Å². The minimum Gasteiger partial charge on any atom is -0.256 e. The van der Waals surface area contributed by atoms with E-state index in [0.29, 0.717) is 15.1 Å². The number of pyridine rings is 1. The highest BCUT2D eigenvalue weighted by atomic mass is 35.5. The van der Waals surface area contributed by atoms with Crippen molar-refractivity contribution in [2.75, 3.05) is 0 Å². The molecule has 4 heteroatoms. The zero-order chi connectivity index (χ0) is 13.4. The second-order valence-electron chi connectivity index (χ2n) is 4.13. The van der Waals surface area contributed by atoms with Gasteiger partial charge in [0.2, 0.25) is 0 Å². The number of hydrogen-bond donors (Lipinski definition) is 0. The molecule has 19 heavy (non-hydrogen) atoms. The minimum atomic E-state index is 0.520. The van der Waals surface area contributed by atoms with Crippen LogP contribution in [-0.2, 0) is 0 Å². The van der Waals surface area contributed by atoms with Crippen molar-refractivity contribution in [3.63, 3.8) is 0 Å². The Hall–Kier alpha value is -1.28. The van der Waals surface area contributed by atoms with Crippen LogP contribution in [0.4, 0.5) is 0 Å². The maximum Gasteiger partial charge on any atom is 0.0781 e. The molecule has 94 valence electrons.